The summed E-state index contributed by atoms with van der Waals surface area (Å²) >= 11 is 0. The summed E-state index contributed by atoms with van der Waals surface area (Å²) in [6, 6.07) is 32.5. The summed E-state index contributed by atoms with van der Waals surface area (Å²) in [5.74, 6) is 2.39. The standard InChI is InChI=1S/C29H29N2P/c1-23-20-21-25(3)31(26(23)4)30-24(2)22-32(27-14-8-5-9-15-27,28-16-10-6-11-17-28)29-18-12-7-13-19-29/h5-22H,4H2,1-3H3/b30-24+. The minimum absolute atomic E-state index is 0.917. The molecule has 0 aliphatic carbocycles. The van der Waals surface area contributed by atoms with Crippen LogP contribution in [-0.4, -0.2) is 16.5 Å². The topological polar surface area (TPSA) is 15.6 Å². The van der Waals surface area contributed by atoms with Gasteiger partial charge in [-0.2, -0.15) is 5.10 Å². The van der Waals surface area contributed by atoms with Crippen LogP contribution in [0.15, 0.2) is 132 Å². The average molecular weight is 437 g/mol. The highest BCUT2D eigenvalue weighted by Crippen LogP contribution is 2.43. The minimum atomic E-state index is -2.08. The molecule has 0 saturated heterocycles. The molecule has 0 bridgehead atoms. The molecular formula is C29H29N2P. The average Bonchev–Trinajstić information content (AvgIpc) is 2.84. The number of hydrazone groups is 1. The molecule has 1 heterocycles. The molecule has 0 fully saturated rings. The van der Waals surface area contributed by atoms with Crippen LogP contribution in [-0.2, 0) is 0 Å². The highest BCUT2D eigenvalue weighted by atomic mass is 31.2. The highest BCUT2D eigenvalue weighted by molar-refractivity contribution is 7.95. The predicted octanol–water partition coefficient (Wildman–Crippen LogP) is 5.84. The third-order valence-corrected chi connectivity index (χ3v) is 9.85. The van der Waals surface area contributed by atoms with Gasteiger partial charge in [0.25, 0.3) is 0 Å². The first-order chi connectivity index (χ1) is 15.5. The van der Waals surface area contributed by atoms with E-state index < -0.39 is 6.89 Å². The summed E-state index contributed by atoms with van der Waals surface area (Å²) in [6.45, 7) is 8.41. The van der Waals surface area contributed by atoms with Crippen LogP contribution in [0.25, 0.3) is 0 Å². The molecule has 0 N–H and O–H groups in total. The van der Waals surface area contributed by atoms with Crippen LogP contribution >= 0.6 is 6.89 Å². The van der Waals surface area contributed by atoms with E-state index in [-0.39, 0.29) is 0 Å². The van der Waals surface area contributed by atoms with Crippen molar-refractivity contribution in [3.8, 4) is 0 Å². The van der Waals surface area contributed by atoms with Crippen molar-refractivity contribution in [2.75, 3.05) is 0 Å². The van der Waals surface area contributed by atoms with Crippen molar-refractivity contribution in [2.24, 2.45) is 5.10 Å². The normalized spacial score (nSPS) is 14.7. The Kier molecular flexibility index (Phi) is 6.44. The third kappa shape index (κ3) is 4.20. The van der Waals surface area contributed by atoms with Gasteiger partial charge in [-0.05, 0) is 61.0 Å². The first-order valence-electron chi connectivity index (χ1n) is 10.8. The van der Waals surface area contributed by atoms with E-state index in [1.165, 1.54) is 15.9 Å². The second-order valence-electron chi connectivity index (χ2n) is 8.02. The van der Waals surface area contributed by atoms with Crippen molar-refractivity contribution < 1.29 is 0 Å². The Balaban J connectivity index is 2.00. The number of rotatable bonds is 5. The summed E-state index contributed by atoms with van der Waals surface area (Å²) in [5.41, 5.74) is 4.08. The SMILES string of the molecule is C=C1C(C)=CC=C(C)N1/N=C(\C)C=P(c1ccccc1)(c1ccccc1)c1ccccc1. The maximum Gasteiger partial charge on any atom is 0.0606 e. The van der Waals surface area contributed by atoms with Gasteiger partial charge in [-0.25, -0.2) is 5.01 Å². The molecule has 0 unspecified atom stereocenters. The molecule has 2 nitrogen and oxygen atoms in total. The van der Waals surface area contributed by atoms with Crippen LogP contribution in [0.3, 0.4) is 0 Å². The highest BCUT2D eigenvalue weighted by Gasteiger charge is 2.25. The molecule has 0 saturated carbocycles. The van der Waals surface area contributed by atoms with Crippen LogP contribution in [0.1, 0.15) is 20.8 Å². The molecule has 1 aliphatic heterocycles. The number of allylic oxidation sites excluding steroid dienone is 4. The summed E-state index contributed by atoms with van der Waals surface area (Å²) in [5, 5.41) is 10.9. The lowest BCUT2D eigenvalue weighted by Gasteiger charge is -2.30. The Morgan fingerprint density at radius 1 is 0.750 bits per heavy atom. The van der Waals surface area contributed by atoms with Gasteiger partial charge in [-0.3, -0.25) is 0 Å². The number of hydrogen-bond acceptors (Lipinski definition) is 2. The van der Waals surface area contributed by atoms with Crippen molar-refractivity contribution in [1.29, 1.82) is 0 Å². The van der Waals surface area contributed by atoms with Gasteiger partial charge in [0.15, 0.2) is 0 Å². The second-order valence-corrected chi connectivity index (χ2v) is 11.3. The lowest BCUT2D eigenvalue weighted by atomic mass is 10.1. The molecule has 3 heteroatoms. The maximum atomic E-state index is 5.02. The molecule has 0 atom stereocenters. The monoisotopic (exact) mass is 436 g/mol. The van der Waals surface area contributed by atoms with Gasteiger partial charge in [-0.15, -0.1) is 0 Å². The van der Waals surface area contributed by atoms with Gasteiger partial charge < -0.3 is 0 Å². The summed E-state index contributed by atoms with van der Waals surface area (Å²) in [6.07, 6.45) is 4.19. The quantitative estimate of drug-likeness (QED) is 0.363. The van der Waals surface area contributed by atoms with Crippen LogP contribution in [0.5, 0.6) is 0 Å². The minimum Gasteiger partial charge on any atom is -0.238 e. The first kappa shape index (κ1) is 21.9. The molecule has 1 aliphatic rings. The van der Waals surface area contributed by atoms with Crippen LogP contribution < -0.4 is 15.9 Å². The smallest absolute Gasteiger partial charge is 0.0606 e. The molecule has 0 spiro atoms. The number of nitrogens with zero attached hydrogens (tertiary/aromatic N) is 2. The fourth-order valence-corrected chi connectivity index (χ4v) is 7.94. The molecular weight excluding hydrogens is 407 g/mol. The van der Waals surface area contributed by atoms with Gasteiger partial charge in [0.2, 0.25) is 0 Å². The van der Waals surface area contributed by atoms with Crippen LogP contribution in [0, 0.1) is 0 Å². The lowest BCUT2D eigenvalue weighted by Crippen LogP contribution is -2.28. The van der Waals surface area contributed by atoms with Gasteiger partial charge in [0, 0.05) is 5.70 Å². The van der Waals surface area contributed by atoms with E-state index in [0.29, 0.717) is 0 Å². The van der Waals surface area contributed by atoms with E-state index in [4.69, 9.17) is 5.10 Å². The van der Waals surface area contributed by atoms with Gasteiger partial charge in [-0.1, -0.05) is 104 Å². The largest absolute Gasteiger partial charge is 0.238 e. The van der Waals surface area contributed by atoms with Crippen molar-refractivity contribution in [1.82, 2.24) is 5.01 Å². The van der Waals surface area contributed by atoms with Crippen molar-refractivity contribution >= 4 is 34.3 Å². The van der Waals surface area contributed by atoms with E-state index >= 15 is 0 Å². The molecule has 32 heavy (non-hydrogen) atoms. The summed E-state index contributed by atoms with van der Waals surface area (Å²) < 4.78 is 0. The zero-order valence-corrected chi connectivity index (χ0v) is 19.8. The zero-order chi connectivity index (χ0) is 22.6. The van der Waals surface area contributed by atoms with E-state index in [9.17, 15) is 0 Å². The van der Waals surface area contributed by atoms with Crippen molar-refractivity contribution in [3.63, 3.8) is 0 Å². The second kappa shape index (κ2) is 9.42. The first-order valence-corrected chi connectivity index (χ1v) is 12.7. The van der Waals surface area contributed by atoms with Crippen molar-refractivity contribution in [3.05, 3.63) is 127 Å². The molecule has 160 valence electrons. The fourth-order valence-electron chi connectivity index (χ4n) is 4.06. The Hall–Kier alpha value is -3.35. The van der Waals surface area contributed by atoms with Gasteiger partial charge in [0.1, 0.15) is 0 Å². The molecule has 3 aromatic carbocycles. The van der Waals surface area contributed by atoms with E-state index in [2.05, 4.69) is 136 Å². The Morgan fingerprint density at radius 2 is 1.19 bits per heavy atom. The Morgan fingerprint density at radius 3 is 1.62 bits per heavy atom. The summed E-state index contributed by atoms with van der Waals surface area (Å²) in [7, 11) is 0. The predicted molar refractivity (Wildman–Crippen MR) is 143 cm³/mol. The molecule has 0 amide bonds. The third-order valence-electron chi connectivity index (χ3n) is 5.75. The maximum absolute atomic E-state index is 5.02. The number of hydrogen-bond donors (Lipinski definition) is 0. The Labute approximate surface area is 191 Å². The van der Waals surface area contributed by atoms with E-state index in [0.717, 1.165) is 22.7 Å². The number of benzene rings is 3. The van der Waals surface area contributed by atoms with Crippen LogP contribution in [0.4, 0.5) is 0 Å². The van der Waals surface area contributed by atoms with E-state index in [1.54, 1.807) is 0 Å². The van der Waals surface area contributed by atoms with Gasteiger partial charge >= 0.3 is 0 Å². The summed E-state index contributed by atoms with van der Waals surface area (Å²) in [4.78, 5) is 0. The fraction of sp³-hybridized carbons (Fsp3) is 0.103. The van der Waals surface area contributed by atoms with Gasteiger partial charge in [0.05, 0.1) is 11.4 Å². The van der Waals surface area contributed by atoms with E-state index in [1.807, 2.05) is 5.01 Å². The zero-order valence-electron chi connectivity index (χ0n) is 18.9. The molecule has 0 aromatic heterocycles. The molecule has 4 rings (SSSR count). The lowest BCUT2D eigenvalue weighted by molar-refractivity contribution is 0.461. The molecule has 0 radical (unpaired) electrons. The Bertz CT molecular complexity index is 1140. The van der Waals surface area contributed by atoms with Crippen molar-refractivity contribution in [2.45, 2.75) is 20.8 Å². The molecule has 3 aromatic rings. The van der Waals surface area contributed by atoms with Crippen LogP contribution in [0.2, 0.25) is 0 Å².